The van der Waals surface area contributed by atoms with Crippen molar-refractivity contribution in [2.24, 2.45) is 0 Å². The smallest absolute Gasteiger partial charge is 0.0543 e. The highest BCUT2D eigenvalue weighted by molar-refractivity contribution is 6.97. The van der Waals surface area contributed by atoms with Gasteiger partial charge in [0.1, 0.15) is 0 Å². The molecule has 0 atom stereocenters. The molecule has 0 aliphatic heterocycles. The highest BCUT2D eigenvalue weighted by Crippen LogP contribution is 2.00. The molecule has 1 aromatic rings. The molecule has 1 aromatic carbocycles. The van der Waals surface area contributed by atoms with Crippen LogP contribution in [0.15, 0.2) is 18.2 Å². The third-order valence-electron chi connectivity index (χ3n) is 1.94. The summed E-state index contributed by atoms with van der Waals surface area (Å²) in [5.74, 6) is 0. The summed E-state index contributed by atoms with van der Waals surface area (Å²) in [5, 5.41) is 1.39. The first kappa shape index (κ1) is 7.61. The standard InChI is InChI=1S/C8H11BSi/c1-6-4-3-5-8(10-9)7(6)2/h3-5H,10H2,1-2H3. The second kappa shape index (κ2) is 3.06. The molecule has 0 bridgehead atoms. The predicted octanol–water partition coefficient (Wildman–Crippen LogP) is 0.181. The van der Waals surface area contributed by atoms with Crippen LogP contribution < -0.4 is 5.19 Å². The lowest BCUT2D eigenvalue weighted by Crippen LogP contribution is -2.18. The van der Waals surface area contributed by atoms with Gasteiger partial charge in [0.05, 0.1) is 7.44 Å². The molecule has 0 aliphatic carbocycles. The first-order chi connectivity index (χ1) is 4.75. The molecule has 0 heterocycles. The fraction of sp³-hybridized carbons (Fsp3) is 0.250. The molecule has 0 nitrogen and oxygen atoms in total. The molecule has 0 unspecified atom stereocenters. The van der Waals surface area contributed by atoms with Crippen LogP contribution in [0.1, 0.15) is 11.1 Å². The van der Waals surface area contributed by atoms with Crippen LogP contribution in [0.25, 0.3) is 0 Å². The van der Waals surface area contributed by atoms with Gasteiger partial charge in [-0.2, -0.15) is 0 Å². The van der Waals surface area contributed by atoms with Crippen LogP contribution in [0.2, 0.25) is 0 Å². The minimum atomic E-state index is -0.459. The summed E-state index contributed by atoms with van der Waals surface area (Å²) in [6, 6.07) is 6.34. The van der Waals surface area contributed by atoms with Crippen LogP contribution in [-0.2, 0) is 0 Å². The SMILES string of the molecule is [B][SiH2]c1cccc(C)c1C. The molecule has 0 amide bonds. The van der Waals surface area contributed by atoms with Gasteiger partial charge in [-0.15, -0.1) is 0 Å². The summed E-state index contributed by atoms with van der Waals surface area (Å²) in [5.41, 5.74) is 2.74. The number of hydrogen-bond acceptors (Lipinski definition) is 0. The van der Waals surface area contributed by atoms with E-state index in [2.05, 4.69) is 32.0 Å². The van der Waals surface area contributed by atoms with Crippen molar-refractivity contribution in [3.8, 4) is 0 Å². The van der Waals surface area contributed by atoms with Crippen LogP contribution in [0.5, 0.6) is 0 Å². The van der Waals surface area contributed by atoms with Crippen LogP contribution in [0.3, 0.4) is 0 Å². The molecule has 0 aliphatic rings. The molecule has 0 N–H and O–H groups in total. The lowest BCUT2D eigenvalue weighted by Gasteiger charge is -2.04. The average Bonchev–Trinajstić information content (AvgIpc) is 1.95. The van der Waals surface area contributed by atoms with E-state index in [-0.39, 0.29) is 0 Å². The predicted molar refractivity (Wildman–Crippen MR) is 49.8 cm³/mol. The summed E-state index contributed by atoms with van der Waals surface area (Å²) < 4.78 is 0. The molecule has 0 spiro atoms. The Morgan fingerprint density at radius 1 is 1.30 bits per heavy atom. The highest BCUT2D eigenvalue weighted by Gasteiger charge is 1.95. The van der Waals surface area contributed by atoms with Gasteiger partial charge >= 0.3 is 0 Å². The van der Waals surface area contributed by atoms with E-state index < -0.39 is 9.39 Å². The van der Waals surface area contributed by atoms with Gasteiger partial charge < -0.3 is 0 Å². The molecular formula is C8H11BSi. The maximum atomic E-state index is 5.66. The summed E-state index contributed by atoms with van der Waals surface area (Å²) in [6.07, 6.45) is 0. The van der Waals surface area contributed by atoms with Gasteiger partial charge in [0.2, 0.25) is 0 Å². The van der Waals surface area contributed by atoms with Crippen molar-refractivity contribution in [2.75, 3.05) is 0 Å². The maximum Gasteiger partial charge on any atom is 0.0543 e. The lowest BCUT2D eigenvalue weighted by molar-refractivity contribution is 1.37. The highest BCUT2D eigenvalue weighted by atomic mass is 28.2. The van der Waals surface area contributed by atoms with E-state index in [4.69, 9.17) is 7.44 Å². The third-order valence-corrected chi connectivity index (χ3v) is 3.14. The summed E-state index contributed by atoms with van der Waals surface area (Å²) >= 11 is 0. The topological polar surface area (TPSA) is 0 Å². The Labute approximate surface area is 65.8 Å². The Bertz CT molecular complexity index is 233. The Balaban J connectivity index is 3.14. The van der Waals surface area contributed by atoms with E-state index in [1.54, 1.807) is 0 Å². The van der Waals surface area contributed by atoms with Crippen molar-refractivity contribution in [1.82, 2.24) is 0 Å². The lowest BCUT2D eigenvalue weighted by atomic mass is 10.1. The molecule has 2 radical (unpaired) electrons. The second-order valence-corrected chi connectivity index (χ2v) is 3.73. The zero-order chi connectivity index (χ0) is 7.56. The summed E-state index contributed by atoms with van der Waals surface area (Å²) in [4.78, 5) is 0. The van der Waals surface area contributed by atoms with Crippen molar-refractivity contribution >= 4 is 22.0 Å². The Hall–Kier alpha value is -0.498. The maximum absolute atomic E-state index is 5.66. The van der Waals surface area contributed by atoms with E-state index in [9.17, 15) is 0 Å². The number of aryl methyl sites for hydroxylation is 1. The molecule has 0 saturated heterocycles. The Morgan fingerprint density at radius 3 is 2.50 bits per heavy atom. The van der Waals surface area contributed by atoms with E-state index in [0.29, 0.717) is 0 Å². The molecule has 0 fully saturated rings. The molecule has 2 heteroatoms. The van der Waals surface area contributed by atoms with Gasteiger partial charge in [0.25, 0.3) is 0 Å². The first-order valence-electron chi connectivity index (χ1n) is 3.51. The second-order valence-electron chi connectivity index (χ2n) is 2.56. The molecule has 0 aromatic heterocycles. The van der Waals surface area contributed by atoms with Gasteiger partial charge in [-0.25, -0.2) is 0 Å². The molecular weight excluding hydrogens is 135 g/mol. The minimum Gasteiger partial charge on any atom is -0.0725 e. The van der Waals surface area contributed by atoms with Gasteiger partial charge in [-0.1, -0.05) is 28.9 Å². The zero-order valence-electron chi connectivity index (χ0n) is 6.52. The molecule has 50 valence electrons. The molecule has 0 saturated carbocycles. The summed E-state index contributed by atoms with van der Waals surface area (Å²) in [7, 11) is 5.20. The zero-order valence-corrected chi connectivity index (χ0v) is 7.93. The number of hydrogen-bond donors (Lipinski definition) is 0. The van der Waals surface area contributed by atoms with Gasteiger partial charge in [-0.05, 0) is 19.4 Å². The van der Waals surface area contributed by atoms with Gasteiger partial charge in [-0.3, -0.25) is 0 Å². The molecule has 10 heavy (non-hydrogen) atoms. The van der Waals surface area contributed by atoms with Crippen molar-refractivity contribution < 1.29 is 0 Å². The molecule has 1 rings (SSSR count). The van der Waals surface area contributed by atoms with Crippen LogP contribution in [0, 0.1) is 13.8 Å². The van der Waals surface area contributed by atoms with Crippen LogP contribution in [0.4, 0.5) is 0 Å². The van der Waals surface area contributed by atoms with E-state index in [1.807, 2.05) is 0 Å². The fourth-order valence-electron chi connectivity index (χ4n) is 1.03. The monoisotopic (exact) mass is 146 g/mol. The fourth-order valence-corrected chi connectivity index (χ4v) is 1.89. The van der Waals surface area contributed by atoms with Gasteiger partial charge in [0.15, 0.2) is 0 Å². The number of benzene rings is 1. The van der Waals surface area contributed by atoms with Crippen molar-refractivity contribution in [3.63, 3.8) is 0 Å². The van der Waals surface area contributed by atoms with Gasteiger partial charge in [0, 0.05) is 9.39 Å². The minimum absolute atomic E-state index is 0.459. The largest absolute Gasteiger partial charge is 0.0725 e. The van der Waals surface area contributed by atoms with Crippen LogP contribution >= 0.6 is 0 Å². The van der Waals surface area contributed by atoms with Crippen molar-refractivity contribution in [1.29, 1.82) is 0 Å². The van der Waals surface area contributed by atoms with Crippen molar-refractivity contribution in [2.45, 2.75) is 13.8 Å². The number of rotatable bonds is 1. The quantitative estimate of drug-likeness (QED) is 0.496. The van der Waals surface area contributed by atoms with Crippen LogP contribution in [-0.4, -0.2) is 16.8 Å². The van der Waals surface area contributed by atoms with Crippen molar-refractivity contribution in [3.05, 3.63) is 29.3 Å². The normalized spacial score (nSPS) is 11.0. The first-order valence-corrected chi connectivity index (χ1v) is 5.03. The third kappa shape index (κ3) is 1.32. The average molecular weight is 146 g/mol. The van der Waals surface area contributed by atoms with E-state index in [0.717, 1.165) is 0 Å². The van der Waals surface area contributed by atoms with E-state index in [1.165, 1.54) is 16.3 Å². The Kier molecular flexibility index (Phi) is 2.33. The summed E-state index contributed by atoms with van der Waals surface area (Å²) in [6.45, 7) is 4.27. The van der Waals surface area contributed by atoms with E-state index >= 15 is 0 Å². The Morgan fingerprint density at radius 2 is 2.00 bits per heavy atom.